The third-order valence-corrected chi connectivity index (χ3v) is 6.60. The van der Waals surface area contributed by atoms with Crippen molar-refractivity contribution >= 4 is 15.8 Å². The first kappa shape index (κ1) is 22.2. The van der Waals surface area contributed by atoms with Gasteiger partial charge in [-0.2, -0.15) is 0 Å². The lowest BCUT2D eigenvalue weighted by Crippen LogP contribution is -2.42. The molecule has 1 unspecified atom stereocenters. The number of nitrogens with one attached hydrogen (secondary N) is 2. The number of sulfone groups is 1. The summed E-state index contributed by atoms with van der Waals surface area (Å²) in [4.78, 5) is 4.62. The Kier molecular flexibility index (Phi) is 10.5. The normalized spacial score (nSPS) is 14.6. The lowest BCUT2D eigenvalue weighted by Gasteiger charge is -2.20. The summed E-state index contributed by atoms with van der Waals surface area (Å²) in [7, 11) is -3.10. The van der Waals surface area contributed by atoms with Crippen molar-refractivity contribution in [3.05, 3.63) is 0 Å². The van der Waals surface area contributed by atoms with E-state index < -0.39 is 14.6 Å². The molecule has 0 aliphatic heterocycles. The highest BCUT2D eigenvalue weighted by Gasteiger charge is 2.28. The molecule has 2 N–H and O–H groups in total. The van der Waals surface area contributed by atoms with Gasteiger partial charge in [-0.15, -0.1) is 0 Å². The first-order chi connectivity index (χ1) is 10.7. The van der Waals surface area contributed by atoms with Crippen LogP contribution in [0.5, 0.6) is 0 Å². The molecule has 0 aromatic rings. The van der Waals surface area contributed by atoms with Crippen LogP contribution in [0.15, 0.2) is 4.99 Å². The van der Waals surface area contributed by atoms with Gasteiger partial charge >= 0.3 is 0 Å². The Morgan fingerprint density at radius 1 is 1.13 bits per heavy atom. The Bertz CT molecular complexity index is 439. The highest BCUT2D eigenvalue weighted by Crippen LogP contribution is 2.15. The fourth-order valence-corrected chi connectivity index (χ4v) is 3.07. The average Bonchev–Trinajstić information content (AvgIpc) is 2.46. The van der Waals surface area contributed by atoms with Crippen molar-refractivity contribution in [2.45, 2.75) is 72.0 Å². The maximum Gasteiger partial charge on any atom is 0.191 e. The van der Waals surface area contributed by atoms with Crippen LogP contribution in [0.1, 0.15) is 67.2 Å². The Morgan fingerprint density at radius 3 is 2.26 bits per heavy atom. The second-order valence-corrected chi connectivity index (χ2v) is 9.86. The number of hydrogen-bond acceptors (Lipinski definition) is 3. The molecule has 138 valence electrons. The fourth-order valence-electron chi connectivity index (χ4n) is 2.09. The van der Waals surface area contributed by atoms with E-state index in [0.717, 1.165) is 19.5 Å². The summed E-state index contributed by atoms with van der Waals surface area (Å²) < 4.78 is 23.5. The quantitative estimate of drug-likeness (QED) is 0.471. The molecule has 0 aliphatic rings. The minimum atomic E-state index is -3.10. The molecule has 0 amide bonds. The molecular weight excluding hydrogens is 310 g/mol. The van der Waals surface area contributed by atoms with Crippen molar-refractivity contribution in [3.63, 3.8) is 0 Å². The molecule has 0 bridgehead atoms. The van der Waals surface area contributed by atoms with Gasteiger partial charge in [-0.1, -0.05) is 33.1 Å². The predicted octanol–water partition coefficient (Wildman–Crippen LogP) is 2.97. The molecule has 1 atom stereocenters. The number of rotatable bonds is 10. The van der Waals surface area contributed by atoms with E-state index >= 15 is 0 Å². The standard InChI is InChI=1S/C17H37N3O2S/c1-7-10-11-15(8-2)14-20-16(18-9-3)19-12-13-23(21,22)17(4,5)6/h15H,7-14H2,1-6H3,(H2,18,19,20). The minimum absolute atomic E-state index is 0.119. The second-order valence-electron chi connectivity index (χ2n) is 6.99. The third-order valence-electron chi connectivity index (χ3n) is 3.99. The van der Waals surface area contributed by atoms with Crippen molar-refractivity contribution in [1.29, 1.82) is 0 Å². The van der Waals surface area contributed by atoms with E-state index in [9.17, 15) is 8.42 Å². The van der Waals surface area contributed by atoms with Crippen LogP contribution in [-0.2, 0) is 9.84 Å². The third kappa shape index (κ3) is 9.18. The van der Waals surface area contributed by atoms with Crippen LogP contribution in [0, 0.1) is 5.92 Å². The van der Waals surface area contributed by atoms with Crippen molar-refractivity contribution in [2.75, 3.05) is 25.4 Å². The number of aliphatic imine (C=N–C) groups is 1. The van der Waals surface area contributed by atoms with E-state index in [4.69, 9.17) is 0 Å². The van der Waals surface area contributed by atoms with Crippen LogP contribution >= 0.6 is 0 Å². The van der Waals surface area contributed by atoms with Gasteiger partial charge in [0, 0.05) is 19.6 Å². The van der Waals surface area contributed by atoms with E-state index in [1.54, 1.807) is 20.8 Å². The van der Waals surface area contributed by atoms with Crippen LogP contribution in [-0.4, -0.2) is 44.5 Å². The molecule has 6 heteroatoms. The van der Waals surface area contributed by atoms with Crippen molar-refractivity contribution in [2.24, 2.45) is 10.9 Å². The van der Waals surface area contributed by atoms with E-state index in [-0.39, 0.29) is 5.75 Å². The van der Waals surface area contributed by atoms with Crippen molar-refractivity contribution < 1.29 is 8.42 Å². The summed E-state index contributed by atoms with van der Waals surface area (Å²) in [5.41, 5.74) is 0. The SMILES string of the molecule is CCCCC(CC)CN=C(NCC)NCCS(=O)(=O)C(C)(C)C. The second kappa shape index (κ2) is 10.9. The fraction of sp³-hybridized carbons (Fsp3) is 0.941. The Morgan fingerprint density at radius 2 is 1.78 bits per heavy atom. The molecule has 23 heavy (non-hydrogen) atoms. The summed E-state index contributed by atoms with van der Waals surface area (Å²) >= 11 is 0. The number of unbranched alkanes of at least 4 members (excludes halogenated alkanes) is 1. The first-order valence-corrected chi connectivity index (χ1v) is 10.6. The zero-order chi connectivity index (χ0) is 17.9. The van der Waals surface area contributed by atoms with Crippen LogP contribution in [0.3, 0.4) is 0 Å². The topological polar surface area (TPSA) is 70.6 Å². The van der Waals surface area contributed by atoms with Gasteiger partial charge in [0.15, 0.2) is 15.8 Å². The van der Waals surface area contributed by atoms with Crippen LogP contribution in [0.25, 0.3) is 0 Å². The Labute approximate surface area is 143 Å². The average molecular weight is 348 g/mol. The van der Waals surface area contributed by atoms with E-state index in [2.05, 4.69) is 29.5 Å². The Balaban J connectivity index is 4.53. The molecule has 0 aliphatic carbocycles. The van der Waals surface area contributed by atoms with Gasteiger partial charge < -0.3 is 10.6 Å². The zero-order valence-corrected chi connectivity index (χ0v) is 16.7. The molecule has 0 spiro atoms. The largest absolute Gasteiger partial charge is 0.357 e. The van der Waals surface area contributed by atoms with Gasteiger partial charge in [-0.3, -0.25) is 4.99 Å². The maximum atomic E-state index is 12.1. The van der Waals surface area contributed by atoms with Gasteiger partial charge in [-0.05, 0) is 40.0 Å². The number of nitrogens with zero attached hydrogens (tertiary/aromatic N) is 1. The maximum absolute atomic E-state index is 12.1. The summed E-state index contributed by atoms with van der Waals surface area (Å²) in [6.07, 6.45) is 4.78. The monoisotopic (exact) mass is 347 g/mol. The Hall–Kier alpha value is -0.780. The van der Waals surface area contributed by atoms with Crippen LogP contribution in [0.4, 0.5) is 0 Å². The molecule has 0 rings (SSSR count). The van der Waals surface area contributed by atoms with Gasteiger partial charge in [0.05, 0.1) is 10.5 Å². The molecule has 0 fully saturated rings. The lowest BCUT2D eigenvalue weighted by molar-refractivity contribution is 0.461. The van der Waals surface area contributed by atoms with Crippen molar-refractivity contribution in [3.8, 4) is 0 Å². The number of hydrogen-bond donors (Lipinski definition) is 2. The van der Waals surface area contributed by atoms with Gasteiger partial charge in [-0.25, -0.2) is 8.42 Å². The van der Waals surface area contributed by atoms with Crippen LogP contribution < -0.4 is 10.6 Å². The molecule has 0 saturated heterocycles. The summed E-state index contributed by atoms with van der Waals surface area (Å²) in [5.74, 6) is 1.43. The van der Waals surface area contributed by atoms with E-state index in [1.807, 2.05) is 6.92 Å². The molecule has 0 saturated carbocycles. The van der Waals surface area contributed by atoms with E-state index in [1.165, 1.54) is 19.3 Å². The van der Waals surface area contributed by atoms with E-state index in [0.29, 0.717) is 18.4 Å². The minimum Gasteiger partial charge on any atom is -0.357 e. The summed E-state index contributed by atoms with van der Waals surface area (Å²) in [5, 5.41) is 6.33. The van der Waals surface area contributed by atoms with Gasteiger partial charge in [0.2, 0.25) is 0 Å². The van der Waals surface area contributed by atoms with Gasteiger partial charge in [0.25, 0.3) is 0 Å². The molecule has 0 heterocycles. The van der Waals surface area contributed by atoms with Crippen molar-refractivity contribution in [1.82, 2.24) is 10.6 Å². The highest BCUT2D eigenvalue weighted by molar-refractivity contribution is 7.92. The molecule has 5 nitrogen and oxygen atoms in total. The smallest absolute Gasteiger partial charge is 0.191 e. The van der Waals surface area contributed by atoms with Crippen LogP contribution in [0.2, 0.25) is 0 Å². The lowest BCUT2D eigenvalue weighted by atomic mass is 10.00. The highest BCUT2D eigenvalue weighted by atomic mass is 32.2. The molecule has 0 radical (unpaired) electrons. The zero-order valence-electron chi connectivity index (χ0n) is 15.9. The van der Waals surface area contributed by atoms with Gasteiger partial charge in [0.1, 0.15) is 0 Å². The predicted molar refractivity (Wildman–Crippen MR) is 101 cm³/mol. The molecular formula is C17H37N3O2S. The first-order valence-electron chi connectivity index (χ1n) is 8.92. The summed E-state index contributed by atoms with van der Waals surface area (Å²) in [6, 6.07) is 0. The number of guanidine groups is 1. The molecule has 0 aromatic heterocycles. The summed E-state index contributed by atoms with van der Waals surface area (Å²) in [6.45, 7) is 13.6. The molecule has 0 aromatic carbocycles.